The van der Waals surface area contributed by atoms with Crippen LogP contribution >= 0.6 is 0 Å². The predicted octanol–water partition coefficient (Wildman–Crippen LogP) is 2.47. The van der Waals surface area contributed by atoms with E-state index in [9.17, 15) is 0 Å². The lowest BCUT2D eigenvalue weighted by atomic mass is 9.87. The van der Waals surface area contributed by atoms with Gasteiger partial charge in [-0.2, -0.15) is 5.26 Å². The molecule has 0 aliphatic carbocycles. The van der Waals surface area contributed by atoms with Crippen LogP contribution in [0.5, 0.6) is 5.75 Å². The van der Waals surface area contributed by atoms with Crippen LogP contribution in [0.1, 0.15) is 26.3 Å². The summed E-state index contributed by atoms with van der Waals surface area (Å²) in [5, 5.41) is 11.7. The van der Waals surface area contributed by atoms with E-state index in [1.165, 1.54) is 5.56 Å². The van der Waals surface area contributed by atoms with Crippen LogP contribution in [0.3, 0.4) is 0 Å². The summed E-state index contributed by atoms with van der Waals surface area (Å²) in [4.78, 5) is 0. The molecule has 3 nitrogen and oxygen atoms in total. The fourth-order valence-electron chi connectivity index (χ4n) is 1.42. The summed E-state index contributed by atoms with van der Waals surface area (Å²) in [5.74, 6) is 0.813. The minimum absolute atomic E-state index is 0.108. The molecule has 0 amide bonds. The maximum Gasteiger partial charge on any atom is 0.129 e. The Morgan fingerprint density at radius 1 is 1.41 bits per heavy atom. The smallest absolute Gasteiger partial charge is 0.129 e. The van der Waals surface area contributed by atoms with Gasteiger partial charge in [0.15, 0.2) is 0 Å². The average Bonchev–Trinajstić information content (AvgIpc) is 2.30. The normalized spacial score (nSPS) is 12.9. The van der Waals surface area contributed by atoms with Crippen LogP contribution in [0.2, 0.25) is 0 Å². The highest BCUT2D eigenvalue weighted by Gasteiger charge is 2.14. The van der Waals surface area contributed by atoms with Crippen molar-refractivity contribution < 1.29 is 4.74 Å². The number of hydrogen-bond donors (Lipinski definition) is 1. The molecule has 1 aromatic carbocycles. The summed E-state index contributed by atoms with van der Waals surface area (Å²) in [6.07, 6.45) is 0. The molecule has 92 valence electrons. The van der Waals surface area contributed by atoms with Gasteiger partial charge >= 0.3 is 0 Å². The first-order valence-corrected chi connectivity index (χ1v) is 5.77. The van der Waals surface area contributed by atoms with Gasteiger partial charge < -0.3 is 10.1 Å². The molecular weight excluding hydrogens is 212 g/mol. The molecule has 0 spiro atoms. The summed E-state index contributed by atoms with van der Waals surface area (Å²) >= 11 is 0. The molecule has 1 aromatic rings. The van der Waals surface area contributed by atoms with Crippen LogP contribution in [-0.2, 0) is 5.41 Å². The van der Waals surface area contributed by atoms with E-state index in [2.05, 4.69) is 38.2 Å². The van der Waals surface area contributed by atoms with Crippen LogP contribution in [0, 0.1) is 11.3 Å². The van der Waals surface area contributed by atoms with E-state index in [0.29, 0.717) is 6.61 Å². The Bertz CT molecular complexity index is 401. The van der Waals surface area contributed by atoms with Crippen molar-refractivity contribution in [3.63, 3.8) is 0 Å². The third kappa shape index (κ3) is 4.08. The highest BCUT2D eigenvalue weighted by molar-refractivity contribution is 5.32. The molecule has 0 saturated heterocycles. The molecule has 0 aliphatic heterocycles. The monoisotopic (exact) mass is 232 g/mol. The van der Waals surface area contributed by atoms with Gasteiger partial charge in [-0.05, 0) is 30.2 Å². The quantitative estimate of drug-likeness (QED) is 0.867. The maximum atomic E-state index is 8.80. The van der Waals surface area contributed by atoms with Crippen LogP contribution < -0.4 is 10.1 Å². The van der Waals surface area contributed by atoms with E-state index >= 15 is 0 Å². The summed E-state index contributed by atoms with van der Waals surface area (Å²) in [5.41, 5.74) is 1.34. The lowest BCUT2D eigenvalue weighted by Crippen LogP contribution is -2.29. The number of ether oxygens (including phenoxy) is 1. The van der Waals surface area contributed by atoms with Gasteiger partial charge in [0, 0.05) is 0 Å². The molecule has 17 heavy (non-hydrogen) atoms. The Labute approximate surface area is 103 Å². The molecular formula is C14H20N2O. The van der Waals surface area contributed by atoms with Crippen LogP contribution in [0.4, 0.5) is 0 Å². The molecule has 1 N–H and O–H groups in total. The summed E-state index contributed by atoms with van der Waals surface area (Å²) in [6.45, 7) is 6.86. The third-order valence-electron chi connectivity index (χ3n) is 2.62. The molecule has 0 bridgehead atoms. The highest BCUT2D eigenvalue weighted by atomic mass is 16.5. The zero-order valence-electron chi connectivity index (χ0n) is 10.9. The average molecular weight is 232 g/mol. The fourth-order valence-corrected chi connectivity index (χ4v) is 1.42. The van der Waals surface area contributed by atoms with Crippen molar-refractivity contribution in [2.75, 3.05) is 13.7 Å². The molecule has 1 unspecified atom stereocenters. The zero-order chi connectivity index (χ0) is 12.9. The van der Waals surface area contributed by atoms with Gasteiger partial charge in [-0.1, -0.05) is 32.9 Å². The van der Waals surface area contributed by atoms with Crippen LogP contribution in [0.25, 0.3) is 0 Å². The van der Waals surface area contributed by atoms with Crippen LogP contribution in [0.15, 0.2) is 24.3 Å². The van der Waals surface area contributed by atoms with E-state index in [1.807, 2.05) is 18.2 Å². The molecule has 0 aromatic heterocycles. The first-order chi connectivity index (χ1) is 7.97. The van der Waals surface area contributed by atoms with Gasteiger partial charge in [0.2, 0.25) is 0 Å². The molecule has 0 heterocycles. The number of nitrogens with zero attached hydrogens (tertiary/aromatic N) is 1. The highest BCUT2D eigenvalue weighted by Crippen LogP contribution is 2.25. The number of nitriles is 1. The Morgan fingerprint density at radius 3 is 2.65 bits per heavy atom. The predicted molar refractivity (Wildman–Crippen MR) is 69.1 cm³/mol. The number of benzene rings is 1. The van der Waals surface area contributed by atoms with Gasteiger partial charge in [0.1, 0.15) is 18.4 Å². The topological polar surface area (TPSA) is 45.0 Å². The summed E-state index contributed by atoms with van der Waals surface area (Å²) < 4.78 is 5.60. The van der Waals surface area contributed by atoms with Gasteiger partial charge in [-0.25, -0.2) is 0 Å². The molecule has 0 radical (unpaired) electrons. The van der Waals surface area contributed by atoms with E-state index in [0.717, 1.165) is 5.75 Å². The standard InChI is InChI=1S/C14H20N2O/c1-14(2,3)11-6-5-7-13(8-11)17-10-12(9-15)16-4/h5-8,12,16H,10H2,1-4H3. The Kier molecular flexibility index (Phi) is 4.53. The number of likely N-dealkylation sites (N-methyl/N-ethyl adjacent to an activating group) is 1. The zero-order valence-corrected chi connectivity index (χ0v) is 10.9. The second kappa shape index (κ2) is 5.70. The second-order valence-corrected chi connectivity index (χ2v) is 5.06. The molecule has 0 aliphatic rings. The fraction of sp³-hybridized carbons (Fsp3) is 0.500. The minimum atomic E-state index is -0.270. The number of rotatable bonds is 4. The van der Waals surface area contributed by atoms with Gasteiger partial charge in [0.05, 0.1) is 6.07 Å². The first kappa shape index (κ1) is 13.5. The van der Waals surface area contributed by atoms with E-state index in [-0.39, 0.29) is 11.5 Å². The van der Waals surface area contributed by atoms with Crippen molar-refractivity contribution in [1.29, 1.82) is 5.26 Å². The van der Waals surface area contributed by atoms with Crippen LogP contribution in [-0.4, -0.2) is 19.7 Å². The van der Waals surface area contributed by atoms with Crippen molar-refractivity contribution >= 4 is 0 Å². The number of nitrogens with one attached hydrogen (secondary N) is 1. The third-order valence-corrected chi connectivity index (χ3v) is 2.62. The molecule has 0 fully saturated rings. The SMILES string of the molecule is CNC(C#N)COc1cccc(C(C)(C)C)c1. The van der Waals surface area contributed by atoms with E-state index in [4.69, 9.17) is 10.00 Å². The summed E-state index contributed by atoms with van der Waals surface area (Å²) in [7, 11) is 1.75. The van der Waals surface area contributed by atoms with E-state index < -0.39 is 0 Å². The van der Waals surface area contributed by atoms with Crippen molar-refractivity contribution in [1.82, 2.24) is 5.32 Å². The van der Waals surface area contributed by atoms with Crippen molar-refractivity contribution in [2.24, 2.45) is 0 Å². The Morgan fingerprint density at radius 2 is 2.12 bits per heavy atom. The maximum absolute atomic E-state index is 8.80. The lowest BCUT2D eigenvalue weighted by molar-refractivity contribution is 0.294. The first-order valence-electron chi connectivity index (χ1n) is 5.77. The Hall–Kier alpha value is -1.53. The molecule has 0 saturated carbocycles. The second-order valence-electron chi connectivity index (χ2n) is 5.06. The van der Waals surface area contributed by atoms with E-state index in [1.54, 1.807) is 7.05 Å². The minimum Gasteiger partial charge on any atom is -0.491 e. The van der Waals surface area contributed by atoms with Crippen molar-refractivity contribution in [3.05, 3.63) is 29.8 Å². The molecule has 1 rings (SSSR count). The summed E-state index contributed by atoms with van der Waals surface area (Å²) in [6, 6.07) is 9.88. The lowest BCUT2D eigenvalue weighted by Gasteiger charge is -2.20. The Balaban J connectivity index is 2.70. The largest absolute Gasteiger partial charge is 0.491 e. The van der Waals surface area contributed by atoms with Gasteiger partial charge in [0.25, 0.3) is 0 Å². The van der Waals surface area contributed by atoms with Crippen molar-refractivity contribution in [2.45, 2.75) is 32.2 Å². The molecule has 3 heteroatoms. The van der Waals surface area contributed by atoms with Gasteiger partial charge in [-0.15, -0.1) is 0 Å². The molecule has 1 atom stereocenters. The van der Waals surface area contributed by atoms with Gasteiger partial charge in [-0.3, -0.25) is 0 Å². The number of hydrogen-bond acceptors (Lipinski definition) is 3. The van der Waals surface area contributed by atoms with Crippen molar-refractivity contribution in [3.8, 4) is 11.8 Å².